The van der Waals surface area contributed by atoms with Gasteiger partial charge in [0.25, 0.3) is 11.8 Å². The molecule has 2 aromatic rings. The fraction of sp³-hybridized carbons (Fsp3) is 0.500. The lowest BCUT2D eigenvalue weighted by molar-refractivity contribution is 0.0678. The molecule has 1 aromatic carbocycles. The number of nitrogens with zero attached hydrogens (tertiary/aromatic N) is 3. The van der Waals surface area contributed by atoms with Crippen LogP contribution < -0.4 is 5.32 Å². The number of amides is 2. The maximum absolute atomic E-state index is 13.1. The number of likely N-dealkylation sites (tertiary alicyclic amines) is 1. The van der Waals surface area contributed by atoms with Crippen LogP contribution in [0.5, 0.6) is 0 Å². The fourth-order valence-corrected chi connectivity index (χ4v) is 4.11. The lowest BCUT2D eigenvalue weighted by atomic mass is 9.99. The normalized spacial score (nSPS) is 17.1. The first kappa shape index (κ1) is 19.6. The second kappa shape index (κ2) is 8.35. The van der Waals surface area contributed by atoms with Gasteiger partial charge in [-0.25, -0.2) is 9.37 Å². The molecule has 6 nitrogen and oxygen atoms in total. The zero-order valence-corrected chi connectivity index (χ0v) is 16.8. The van der Waals surface area contributed by atoms with Crippen molar-refractivity contribution < 1.29 is 14.0 Å². The van der Waals surface area contributed by atoms with Crippen LogP contribution in [-0.2, 0) is 19.5 Å². The average Bonchev–Trinajstić information content (AvgIpc) is 3.13. The Hall–Kier alpha value is -2.70. The minimum atomic E-state index is -0.307. The molecule has 1 N–H and O–H groups in total. The van der Waals surface area contributed by atoms with E-state index in [0.717, 1.165) is 63.0 Å². The van der Waals surface area contributed by atoms with Gasteiger partial charge in [-0.1, -0.05) is 19.1 Å². The Kier molecular flexibility index (Phi) is 5.65. The summed E-state index contributed by atoms with van der Waals surface area (Å²) in [6.07, 6.45) is 4.72. The topological polar surface area (TPSA) is 67.2 Å². The highest BCUT2D eigenvalue weighted by Gasteiger charge is 2.31. The Labute approximate surface area is 170 Å². The number of benzene rings is 1. The highest BCUT2D eigenvalue weighted by Crippen LogP contribution is 2.24. The summed E-state index contributed by atoms with van der Waals surface area (Å²) < 4.78 is 15.0. The number of hydrogen-bond acceptors (Lipinski definition) is 3. The molecule has 0 atom stereocenters. The van der Waals surface area contributed by atoms with Crippen LogP contribution in [0, 0.1) is 11.7 Å². The Balaban J connectivity index is 1.53. The molecular weight excluding hydrogens is 371 g/mol. The van der Waals surface area contributed by atoms with Crippen molar-refractivity contribution in [2.45, 2.75) is 52.1 Å². The first-order valence-electron chi connectivity index (χ1n) is 10.4. The summed E-state index contributed by atoms with van der Waals surface area (Å²) in [4.78, 5) is 32.3. The number of carbonyl (C=O) groups excluding carboxylic acids is 2. The SMILES string of the molecule is CC1CCN(C(=O)c2nc(C(=O)NCc3ccc(F)cc3)c3n2CCCC3)CC1. The molecule has 154 valence electrons. The van der Waals surface area contributed by atoms with Gasteiger partial charge >= 0.3 is 0 Å². The van der Waals surface area contributed by atoms with Gasteiger partial charge in [0.1, 0.15) is 11.5 Å². The molecule has 0 radical (unpaired) electrons. The van der Waals surface area contributed by atoms with Crippen molar-refractivity contribution >= 4 is 11.8 Å². The smallest absolute Gasteiger partial charge is 0.289 e. The molecule has 1 saturated heterocycles. The van der Waals surface area contributed by atoms with Gasteiger partial charge in [-0.3, -0.25) is 9.59 Å². The van der Waals surface area contributed by atoms with Crippen LogP contribution in [0.2, 0.25) is 0 Å². The minimum absolute atomic E-state index is 0.0716. The van der Waals surface area contributed by atoms with Crippen LogP contribution in [0.1, 0.15) is 65.0 Å². The molecule has 3 heterocycles. The van der Waals surface area contributed by atoms with E-state index < -0.39 is 0 Å². The lowest BCUT2D eigenvalue weighted by Gasteiger charge is -2.30. The third kappa shape index (κ3) is 4.18. The standard InChI is InChI=1S/C22H27FN4O2/c1-15-9-12-26(13-10-15)22(29)20-25-19(18-4-2-3-11-27(18)20)21(28)24-14-16-5-7-17(23)8-6-16/h5-8,15H,2-4,9-14H2,1H3,(H,24,28). The Morgan fingerprint density at radius 1 is 1.14 bits per heavy atom. The number of aromatic nitrogens is 2. The van der Waals surface area contributed by atoms with Crippen molar-refractivity contribution in [3.8, 4) is 0 Å². The van der Waals surface area contributed by atoms with Crippen molar-refractivity contribution in [1.82, 2.24) is 19.8 Å². The fourth-order valence-electron chi connectivity index (χ4n) is 4.11. The van der Waals surface area contributed by atoms with Crippen molar-refractivity contribution in [1.29, 1.82) is 0 Å². The molecule has 1 fully saturated rings. The first-order valence-corrected chi connectivity index (χ1v) is 10.4. The molecule has 29 heavy (non-hydrogen) atoms. The van der Waals surface area contributed by atoms with E-state index in [1.807, 2.05) is 9.47 Å². The van der Waals surface area contributed by atoms with Gasteiger partial charge in [0, 0.05) is 26.2 Å². The molecule has 0 saturated carbocycles. The summed E-state index contributed by atoms with van der Waals surface area (Å²) in [5, 5.41) is 2.86. The second-order valence-electron chi connectivity index (χ2n) is 8.12. The summed E-state index contributed by atoms with van der Waals surface area (Å²) >= 11 is 0. The second-order valence-corrected chi connectivity index (χ2v) is 8.12. The van der Waals surface area contributed by atoms with Crippen LogP contribution in [0.15, 0.2) is 24.3 Å². The van der Waals surface area contributed by atoms with Crippen LogP contribution in [-0.4, -0.2) is 39.4 Å². The minimum Gasteiger partial charge on any atom is -0.347 e. The van der Waals surface area contributed by atoms with Crippen molar-refractivity contribution in [3.63, 3.8) is 0 Å². The average molecular weight is 398 g/mol. The summed E-state index contributed by atoms with van der Waals surface area (Å²) in [6.45, 7) is 4.71. The first-order chi connectivity index (χ1) is 14.0. The van der Waals surface area contributed by atoms with E-state index in [0.29, 0.717) is 24.0 Å². The maximum atomic E-state index is 13.1. The molecule has 0 aliphatic carbocycles. The van der Waals surface area contributed by atoms with Crippen molar-refractivity contribution in [2.75, 3.05) is 13.1 Å². The maximum Gasteiger partial charge on any atom is 0.289 e. The molecular formula is C22H27FN4O2. The third-order valence-electron chi connectivity index (χ3n) is 5.96. The molecule has 1 aromatic heterocycles. The number of imidazole rings is 1. The zero-order chi connectivity index (χ0) is 20.4. The van der Waals surface area contributed by atoms with Gasteiger partial charge in [0.2, 0.25) is 0 Å². The van der Waals surface area contributed by atoms with Crippen molar-refractivity contribution in [2.24, 2.45) is 5.92 Å². The van der Waals surface area contributed by atoms with Crippen LogP contribution in [0.3, 0.4) is 0 Å². The Bertz CT molecular complexity index is 898. The van der Waals surface area contributed by atoms with E-state index in [2.05, 4.69) is 17.2 Å². The summed E-state index contributed by atoms with van der Waals surface area (Å²) in [5.74, 6) is 0.365. The molecule has 0 bridgehead atoms. The van der Waals surface area contributed by atoms with Gasteiger partial charge in [-0.15, -0.1) is 0 Å². The third-order valence-corrected chi connectivity index (χ3v) is 5.96. The highest BCUT2D eigenvalue weighted by molar-refractivity contribution is 5.97. The molecule has 4 rings (SSSR count). The lowest BCUT2D eigenvalue weighted by Crippen LogP contribution is -2.39. The number of hydrogen-bond donors (Lipinski definition) is 1. The number of rotatable bonds is 4. The summed E-state index contributed by atoms with van der Waals surface area (Å²) in [7, 11) is 0. The number of halogens is 1. The molecule has 0 spiro atoms. The van der Waals surface area contributed by atoms with Crippen molar-refractivity contribution in [3.05, 3.63) is 52.9 Å². The number of piperidine rings is 1. The summed E-state index contributed by atoms with van der Waals surface area (Å²) in [5.41, 5.74) is 2.01. The van der Waals surface area contributed by atoms with Crippen LogP contribution >= 0.6 is 0 Å². The Morgan fingerprint density at radius 3 is 2.59 bits per heavy atom. The molecule has 7 heteroatoms. The predicted octanol–water partition coefficient (Wildman–Crippen LogP) is 3.16. The quantitative estimate of drug-likeness (QED) is 0.860. The van der Waals surface area contributed by atoms with E-state index in [4.69, 9.17) is 0 Å². The summed E-state index contributed by atoms with van der Waals surface area (Å²) in [6, 6.07) is 6.03. The van der Waals surface area contributed by atoms with E-state index >= 15 is 0 Å². The molecule has 2 amide bonds. The van der Waals surface area contributed by atoms with Crippen LogP contribution in [0.4, 0.5) is 4.39 Å². The Morgan fingerprint density at radius 2 is 1.86 bits per heavy atom. The molecule has 2 aliphatic heterocycles. The van der Waals surface area contributed by atoms with Gasteiger partial charge in [0.05, 0.1) is 5.69 Å². The predicted molar refractivity (Wildman–Crippen MR) is 107 cm³/mol. The molecule has 0 unspecified atom stereocenters. The van der Waals surface area contributed by atoms with Gasteiger partial charge < -0.3 is 14.8 Å². The van der Waals surface area contributed by atoms with Gasteiger partial charge in [-0.2, -0.15) is 0 Å². The van der Waals surface area contributed by atoms with E-state index in [9.17, 15) is 14.0 Å². The highest BCUT2D eigenvalue weighted by atomic mass is 19.1. The van der Waals surface area contributed by atoms with E-state index in [-0.39, 0.29) is 17.6 Å². The van der Waals surface area contributed by atoms with Crippen LogP contribution in [0.25, 0.3) is 0 Å². The largest absolute Gasteiger partial charge is 0.347 e. The van der Waals surface area contributed by atoms with E-state index in [1.54, 1.807) is 12.1 Å². The monoisotopic (exact) mass is 398 g/mol. The van der Waals surface area contributed by atoms with Gasteiger partial charge in [-0.05, 0) is 55.7 Å². The van der Waals surface area contributed by atoms with Gasteiger partial charge in [0.15, 0.2) is 5.82 Å². The zero-order valence-electron chi connectivity index (χ0n) is 16.8. The molecule has 2 aliphatic rings. The van der Waals surface area contributed by atoms with E-state index in [1.165, 1.54) is 12.1 Å². The number of carbonyl (C=O) groups is 2. The number of nitrogens with one attached hydrogen (secondary N) is 1. The number of fused-ring (bicyclic) bond motifs is 1.